The molecule has 0 radical (unpaired) electrons. The highest BCUT2D eigenvalue weighted by Gasteiger charge is 2.64. The van der Waals surface area contributed by atoms with E-state index in [0.717, 1.165) is 4.90 Å². The summed E-state index contributed by atoms with van der Waals surface area (Å²) in [7, 11) is 6.32. The van der Waals surface area contributed by atoms with Gasteiger partial charge in [0.1, 0.15) is 22.8 Å². The van der Waals surface area contributed by atoms with Crippen molar-refractivity contribution in [2.75, 3.05) is 46.2 Å². The molecule has 0 aromatic heterocycles. The maximum absolute atomic E-state index is 14.0. The lowest BCUT2D eigenvalue weighted by molar-refractivity contribution is -0.153. The van der Waals surface area contributed by atoms with Crippen LogP contribution in [-0.2, 0) is 27.3 Å². The van der Waals surface area contributed by atoms with Crippen molar-refractivity contribution >= 4 is 28.9 Å². The van der Waals surface area contributed by atoms with Gasteiger partial charge in [0.15, 0.2) is 11.4 Å². The molecule has 230 valence electrons. The average molecular weight is 597 g/mol. The van der Waals surface area contributed by atoms with Crippen LogP contribution in [0.5, 0.6) is 5.75 Å². The van der Waals surface area contributed by atoms with Crippen molar-refractivity contribution in [3.8, 4) is 5.75 Å². The van der Waals surface area contributed by atoms with Crippen LogP contribution in [0.1, 0.15) is 30.0 Å². The molecule has 42 heavy (non-hydrogen) atoms. The lowest BCUT2D eigenvalue weighted by atomic mass is 9.57. The van der Waals surface area contributed by atoms with Crippen LogP contribution < -0.4 is 10.6 Å². The molecule has 0 bridgehead atoms. The fourth-order valence-corrected chi connectivity index (χ4v) is 6.82. The van der Waals surface area contributed by atoms with Crippen LogP contribution in [0.25, 0.3) is 5.76 Å². The monoisotopic (exact) mass is 596 g/mol. The van der Waals surface area contributed by atoms with Gasteiger partial charge in [-0.05, 0) is 56.6 Å². The van der Waals surface area contributed by atoms with Crippen LogP contribution >= 0.6 is 0 Å². The van der Waals surface area contributed by atoms with Crippen molar-refractivity contribution in [2.24, 2.45) is 17.6 Å². The molecular formula is C28H35F3N4O7. The molecule has 3 aliphatic carbocycles. The Morgan fingerprint density at radius 1 is 1.14 bits per heavy atom. The third-order valence-electron chi connectivity index (χ3n) is 8.46. The number of amides is 1. The molecule has 1 fully saturated rings. The summed E-state index contributed by atoms with van der Waals surface area (Å²) in [6, 6.07) is 0.00922. The Bertz CT molecular complexity index is 1420. The van der Waals surface area contributed by atoms with E-state index < -0.39 is 76.5 Å². The zero-order valence-corrected chi connectivity index (χ0v) is 23.9. The third-order valence-corrected chi connectivity index (χ3v) is 8.46. The molecule has 1 aromatic rings. The van der Waals surface area contributed by atoms with Crippen LogP contribution in [0.2, 0.25) is 0 Å². The minimum atomic E-state index is -4.45. The number of nitrogens with two attached hydrogens (primary N) is 1. The first-order valence-corrected chi connectivity index (χ1v) is 13.4. The SMILES string of the molecule is CCN(Cc1cc(O)c2c(c1N(C)C)C[C@H]1C[C@H]3[C@H](N(C)C)C(=O)C(C(N)=O)=C(O)[C@@]3(O)C(=O)C1=C2O)CC(F)(F)F. The van der Waals surface area contributed by atoms with E-state index in [1.807, 2.05) is 0 Å². The Labute approximate surface area is 240 Å². The maximum Gasteiger partial charge on any atom is 0.401 e. The quantitative estimate of drug-likeness (QED) is 0.290. The lowest BCUT2D eigenvalue weighted by Gasteiger charge is -2.50. The second kappa shape index (κ2) is 10.6. The first kappa shape index (κ1) is 31.3. The van der Waals surface area contributed by atoms with Crippen molar-refractivity contribution < 1.29 is 48.0 Å². The van der Waals surface area contributed by atoms with Gasteiger partial charge in [0, 0.05) is 37.8 Å². The highest BCUT2D eigenvalue weighted by molar-refractivity contribution is 6.24. The Morgan fingerprint density at radius 2 is 1.76 bits per heavy atom. The van der Waals surface area contributed by atoms with E-state index in [0.29, 0.717) is 16.8 Å². The second-order valence-electron chi connectivity index (χ2n) is 11.5. The van der Waals surface area contributed by atoms with Gasteiger partial charge in [-0.15, -0.1) is 0 Å². The van der Waals surface area contributed by atoms with Crippen molar-refractivity contribution in [2.45, 2.75) is 44.1 Å². The molecule has 3 aliphatic rings. The molecule has 14 heteroatoms. The number of phenols is 1. The summed E-state index contributed by atoms with van der Waals surface area (Å²) in [6.45, 7) is 0.306. The Balaban J connectivity index is 1.92. The van der Waals surface area contributed by atoms with Crippen LogP contribution in [0, 0.1) is 11.8 Å². The summed E-state index contributed by atoms with van der Waals surface area (Å²) < 4.78 is 39.6. The number of aliphatic hydroxyl groups is 3. The summed E-state index contributed by atoms with van der Waals surface area (Å²) in [6.07, 6.45) is -4.53. The van der Waals surface area contributed by atoms with Gasteiger partial charge in [-0.25, -0.2) is 0 Å². The number of phenolic OH excluding ortho intramolecular Hbond substituents is 1. The summed E-state index contributed by atoms with van der Waals surface area (Å²) in [5, 5.41) is 45.1. The molecule has 0 saturated heterocycles. The molecule has 0 unspecified atom stereocenters. The number of halogens is 3. The minimum absolute atomic E-state index is 0.0227. The summed E-state index contributed by atoms with van der Waals surface area (Å²) in [4.78, 5) is 43.5. The first-order chi connectivity index (χ1) is 19.4. The number of ketones is 2. The number of hydrogen-bond donors (Lipinski definition) is 5. The Hall–Kier alpha value is -3.62. The number of likely N-dealkylation sites (N-methyl/N-ethyl adjacent to an activating group) is 1. The van der Waals surface area contributed by atoms with Crippen molar-refractivity contribution in [3.63, 3.8) is 0 Å². The fraction of sp³-hybridized carbons (Fsp3) is 0.536. The molecule has 11 nitrogen and oxygen atoms in total. The zero-order valence-electron chi connectivity index (χ0n) is 23.9. The van der Waals surface area contributed by atoms with E-state index in [9.17, 15) is 48.0 Å². The van der Waals surface area contributed by atoms with Crippen molar-refractivity contribution in [3.05, 3.63) is 39.7 Å². The Kier molecular flexibility index (Phi) is 7.89. The number of carbonyl (C=O) groups is 3. The number of benzene rings is 1. The van der Waals surface area contributed by atoms with E-state index in [2.05, 4.69) is 0 Å². The standard InChI is InChI=1S/C28H35F3N4O7/c1-6-35(11-27(29,30)31)10-13-9-16(36)18-14(20(13)33(2)3)7-12-8-15-21(34(4)5)23(38)19(26(32)41)25(40)28(15,42)24(39)17(12)22(18)37/h9,12,15,21,36-37,40,42H,6-8,10-11H2,1-5H3,(H2,32,41)/t12-,15-,21-,28-/m0/s1. The minimum Gasteiger partial charge on any atom is -0.508 e. The van der Waals surface area contributed by atoms with Gasteiger partial charge in [0.25, 0.3) is 5.91 Å². The van der Waals surface area contributed by atoms with Gasteiger partial charge in [-0.3, -0.25) is 24.2 Å². The predicted octanol–water partition coefficient (Wildman–Crippen LogP) is 1.41. The van der Waals surface area contributed by atoms with E-state index in [-0.39, 0.29) is 37.1 Å². The number of fused-ring (bicyclic) bond motifs is 3. The normalized spacial score (nSPS) is 26.0. The number of anilines is 1. The molecule has 4 atom stereocenters. The summed E-state index contributed by atoms with van der Waals surface area (Å²) in [5.74, 6) is -7.71. The summed E-state index contributed by atoms with van der Waals surface area (Å²) >= 11 is 0. The van der Waals surface area contributed by atoms with Crippen molar-refractivity contribution in [1.82, 2.24) is 9.80 Å². The number of alkyl halides is 3. The summed E-state index contributed by atoms with van der Waals surface area (Å²) in [5.41, 5.74) is 2.43. The number of carbonyl (C=O) groups excluding carboxylic acids is 3. The van der Waals surface area contributed by atoms with Gasteiger partial charge in [0.2, 0.25) is 5.78 Å². The topological polar surface area (TPSA) is 168 Å². The molecule has 0 heterocycles. The van der Waals surface area contributed by atoms with Gasteiger partial charge < -0.3 is 31.1 Å². The third kappa shape index (κ3) is 4.80. The molecular weight excluding hydrogens is 561 g/mol. The van der Waals surface area contributed by atoms with Crippen LogP contribution in [0.4, 0.5) is 18.9 Å². The largest absolute Gasteiger partial charge is 0.508 e. The molecule has 1 saturated carbocycles. The molecule has 1 amide bonds. The van der Waals surface area contributed by atoms with Crippen LogP contribution in [-0.4, -0.2) is 107 Å². The van der Waals surface area contributed by atoms with Gasteiger partial charge in [-0.2, -0.15) is 13.2 Å². The van der Waals surface area contributed by atoms with Crippen LogP contribution in [0.3, 0.4) is 0 Å². The van der Waals surface area contributed by atoms with Gasteiger partial charge >= 0.3 is 6.18 Å². The highest BCUT2D eigenvalue weighted by Crippen LogP contribution is 2.54. The molecule has 4 rings (SSSR count). The number of nitrogens with zero attached hydrogens (tertiary/aromatic N) is 3. The van der Waals surface area contributed by atoms with Crippen LogP contribution in [0.15, 0.2) is 23.0 Å². The molecule has 0 spiro atoms. The van der Waals surface area contributed by atoms with E-state index in [1.165, 1.54) is 25.1 Å². The number of hydrogen-bond acceptors (Lipinski definition) is 10. The second-order valence-corrected chi connectivity index (χ2v) is 11.5. The van der Waals surface area contributed by atoms with Gasteiger partial charge in [0.05, 0.1) is 18.2 Å². The molecule has 0 aliphatic heterocycles. The number of primary amides is 1. The van der Waals surface area contributed by atoms with E-state index >= 15 is 0 Å². The fourth-order valence-electron chi connectivity index (χ4n) is 6.82. The number of Topliss-reactive ketones (excluding diaryl/α,β-unsaturated/α-hetero) is 2. The highest BCUT2D eigenvalue weighted by atomic mass is 19.4. The van der Waals surface area contributed by atoms with E-state index in [1.54, 1.807) is 25.9 Å². The zero-order chi connectivity index (χ0) is 31.6. The van der Waals surface area contributed by atoms with Gasteiger partial charge in [-0.1, -0.05) is 6.92 Å². The van der Waals surface area contributed by atoms with Crippen molar-refractivity contribution in [1.29, 1.82) is 0 Å². The number of aliphatic hydroxyl groups excluding tert-OH is 2. The molecule has 6 N–H and O–H groups in total. The smallest absolute Gasteiger partial charge is 0.401 e. The Morgan fingerprint density at radius 3 is 2.26 bits per heavy atom. The lowest BCUT2D eigenvalue weighted by Crippen LogP contribution is -2.65. The predicted molar refractivity (Wildman–Crippen MR) is 146 cm³/mol. The maximum atomic E-state index is 14.0. The number of aromatic hydroxyl groups is 1. The number of rotatable bonds is 7. The first-order valence-electron chi connectivity index (χ1n) is 13.4. The molecule has 1 aromatic carbocycles. The van der Waals surface area contributed by atoms with E-state index in [4.69, 9.17) is 5.73 Å². The average Bonchev–Trinajstić information content (AvgIpc) is 2.84.